The van der Waals surface area contributed by atoms with Gasteiger partial charge in [0, 0.05) is 13.5 Å². The summed E-state index contributed by atoms with van der Waals surface area (Å²) in [7, 11) is 0. The van der Waals surface area contributed by atoms with Crippen LogP contribution in [0, 0.1) is 11.3 Å². The summed E-state index contributed by atoms with van der Waals surface area (Å²) in [5.74, 6) is -0.683. The van der Waals surface area contributed by atoms with Crippen LogP contribution in [0.25, 0.3) is 0 Å². The highest BCUT2D eigenvalue weighted by Gasteiger charge is 2.46. The molecule has 1 aliphatic rings. The second kappa shape index (κ2) is 5.96. The lowest BCUT2D eigenvalue weighted by Crippen LogP contribution is -2.53. The van der Waals surface area contributed by atoms with Crippen molar-refractivity contribution in [2.75, 3.05) is 13.2 Å². The largest absolute Gasteiger partial charge is 0.466 e. The number of fused-ring (bicyclic) bond motifs is 1. The Bertz CT molecular complexity index is 606. The van der Waals surface area contributed by atoms with Crippen molar-refractivity contribution in [1.82, 2.24) is 4.90 Å². The van der Waals surface area contributed by atoms with Crippen molar-refractivity contribution in [2.24, 2.45) is 0 Å². The second-order valence-corrected chi connectivity index (χ2v) is 5.03. The number of carbonyl (C=O) groups excluding carboxylic acids is 2. The summed E-state index contributed by atoms with van der Waals surface area (Å²) >= 11 is 0. The third-order valence-electron chi connectivity index (χ3n) is 3.80. The standard InChI is InChI=1S/C16H18N2O3/c1-3-21-15(20)10-16(11-17)14-7-5-4-6-13(14)8-9-18(16)12(2)19/h4-7H,3,8-10H2,1-2H3. The fraction of sp³-hybridized carbons (Fsp3) is 0.438. The van der Waals surface area contributed by atoms with Crippen LogP contribution < -0.4 is 0 Å². The SMILES string of the molecule is CCOC(=O)CC1(C#N)c2ccccc2CCN1C(C)=O. The van der Waals surface area contributed by atoms with Crippen LogP contribution in [0.2, 0.25) is 0 Å². The van der Waals surface area contributed by atoms with Gasteiger partial charge in [-0.2, -0.15) is 5.26 Å². The first-order valence-corrected chi connectivity index (χ1v) is 6.98. The predicted molar refractivity (Wildman–Crippen MR) is 76.1 cm³/mol. The van der Waals surface area contributed by atoms with E-state index in [1.54, 1.807) is 6.92 Å². The van der Waals surface area contributed by atoms with E-state index in [-0.39, 0.29) is 18.9 Å². The molecule has 1 heterocycles. The van der Waals surface area contributed by atoms with Crippen molar-refractivity contribution in [3.05, 3.63) is 35.4 Å². The van der Waals surface area contributed by atoms with Gasteiger partial charge in [0.05, 0.1) is 19.1 Å². The van der Waals surface area contributed by atoms with Gasteiger partial charge in [-0.1, -0.05) is 24.3 Å². The van der Waals surface area contributed by atoms with Crippen LogP contribution in [-0.2, 0) is 26.3 Å². The highest BCUT2D eigenvalue weighted by atomic mass is 16.5. The number of ether oxygens (including phenoxy) is 1. The summed E-state index contributed by atoms with van der Waals surface area (Å²) in [6.45, 7) is 3.82. The Morgan fingerprint density at radius 3 is 2.76 bits per heavy atom. The molecule has 0 saturated carbocycles. The van der Waals surface area contributed by atoms with E-state index in [1.165, 1.54) is 11.8 Å². The van der Waals surface area contributed by atoms with Crippen LogP contribution in [0.5, 0.6) is 0 Å². The van der Waals surface area contributed by atoms with Crippen LogP contribution in [-0.4, -0.2) is 29.9 Å². The maximum atomic E-state index is 11.9. The van der Waals surface area contributed by atoms with Crippen LogP contribution in [0.3, 0.4) is 0 Å². The Labute approximate surface area is 124 Å². The molecule has 0 spiro atoms. The molecule has 1 unspecified atom stereocenters. The molecule has 1 aliphatic heterocycles. The molecule has 5 heteroatoms. The Hall–Kier alpha value is -2.35. The minimum Gasteiger partial charge on any atom is -0.466 e. The lowest BCUT2D eigenvalue weighted by atomic mass is 9.79. The van der Waals surface area contributed by atoms with E-state index >= 15 is 0 Å². The number of nitrogens with zero attached hydrogens (tertiary/aromatic N) is 2. The van der Waals surface area contributed by atoms with Crippen LogP contribution in [0.4, 0.5) is 0 Å². The molecule has 0 radical (unpaired) electrons. The lowest BCUT2D eigenvalue weighted by Gasteiger charge is -2.42. The molecule has 1 atom stereocenters. The van der Waals surface area contributed by atoms with Gasteiger partial charge in [0.1, 0.15) is 0 Å². The predicted octanol–water partition coefficient (Wildman–Crippen LogP) is 1.76. The zero-order valence-corrected chi connectivity index (χ0v) is 12.3. The number of nitriles is 1. The molecule has 0 aliphatic carbocycles. The number of benzene rings is 1. The molecule has 0 saturated heterocycles. The average molecular weight is 286 g/mol. The first-order chi connectivity index (χ1) is 10.0. The van der Waals surface area contributed by atoms with E-state index in [4.69, 9.17) is 4.74 Å². The Kier molecular flexibility index (Phi) is 4.27. The molecule has 2 rings (SSSR count). The van der Waals surface area contributed by atoms with Crippen molar-refractivity contribution < 1.29 is 14.3 Å². The lowest BCUT2D eigenvalue weighted by molar-refractivity contribution is -0.148. The van der Waals surface area contributed by atoms with Crippen LogP contribution >= 0.6 is 0 Å². The summed E-state index contributed by atoms with van der Waals surface area (Å²) in [5, 5.41) is 9.77. The Morgan fingerprint density at radius 1 is 1.43 bits per heavy atom. The van der Waals surface area contributed by atoms with Crippen molar-refractivity contribution >= 4 is 11.9 Å². The van der Waals surface area contributed by atoms with E-state index in [9.17, 15) is 14.9 Å². The highest BCUT2D eigenvalue weighted by molar-refractivity contribution is 5.79. The quantitative estimate of drug-likeness (QED) is 0.794. The molecule has 0 N–H and O–H groups in total. The van der Waals surface area contributed by atoms with Gasteiger partial charge < -0.3 is 9.64 Å². The second-order valence-electron chi connectivity index (χ2n) is 5.03. The summed E-state index contributed by atoms with van der Waals surface area (Å²) in [5.41, 5.74) is 0.454. The molecule has 21 heavy (non-hydrogen) atoms. The van der Waals surface area contributed by atoms with E-state index < -0.39 is 11.5 Å². The molecule has 0 bridgehead atoms. The van der Waals surface area contributed by atoms with Gasteiger partial charge in [-0.25, -0.2) is 0 Å². The summed E-state index contributed by atoms with van der Waals surface area (Å²) in [6.07, 6.45) is 0.538. The highest BCUT2D eigenvalue weighted by Crippen LogP contribution is 2.38. The molecule has 0 aromatic heterocycles. The fourth-order valence-electron chi connectivity index (χ4n) is 2.91. The van der Waals surface area contributed by atoms with Gasteiger partial charge in [-0.3, -0.25) is 9.59 Å². The zero-order chi connectivity index (χ0) is 15.5. The van der Waals surface area contributed by atoms with Crippen molar-refractivity contribution in [2.45, 2.75) is 32.2 Å². The van der Waals surface area contributed by atoms with E-state index in [2.05, 4.69) is 6.07 Å². The third-order valence-corrected chi connectivity index (χ3v) is 3.80. The van der Waals surface area contributed by atoms with Gasteiger partial charge in [-0.15, -0.1) is 0 Å². The molecule has 1 aromatic rings. The summed E-state index contributed by atoms with van der Waals surface area (Å²) in [6, 6.07) is 9.66. The minimum absolute atomic E-state index is 0.145. The topological polar surface area (TPSA) is 70.4 Å². The molecule has 110 valence electrons. The van der Waals surface area contributed by atoms with Crippen LogP contribution in [0.1, 0.15) is 31.4 Å². The first-order valence-electron chi connectivity index (χ1n) is 6.98. The van der Waals surface area contributed by atoms with E-state index in [1.807, 2.05) is 24.3 Å². The maximum Gasteiger partial charge on any atom is 0.309 e. The van der Waals surface area contributed by atoms with Gasteiger partial charge in [-0.05, 0) is 24.5 Å². The van der Waals surface area contributed by atoms with Crippen molar-refractivity contribution in [3.8, 4) is 6.07 Å². The van der Waals surface area contributed by atoms with Gasteiger partial charge in [0.2, 0.25) is 5.91 Å². The molecular weight excluding hydrogens is 268 g/mol. The summed E-state index contributed by atoms with van der Waals surface area (Å²) in [4.78, 5) is 25.4. The third kappa shape index (κ3) is 2.62. The average Bonchev–Trinajstić information content (AvgIpc) is 2.47. The number of hydrogen-bond donors (Lipinski definition) is 0. The molecule has 0 fully saturated rings. The minimum atomic E-state index is -1.27. The van der Waals surface area contributed by atoms with Crippen LogP contribution in [0.15, 0.2) is 24.3 Å². The normalized spacial score (nSPS) is 20.3. The number of carbonyl (C=O) groups is 2. The monoisotopic (exact) mass is 286 g/mol. The number of rotatable bonds is 3. The van der Waals surface area contributed by atoms with Gasteiger partial charge >= 0.3 is 5.97 Å². The molecule has 1 aromatic carbocycles. The Morgan fingerprint density at radius 2 is 2.14 bits per heavy atom. The fourth-order valence-corrected chi connectivity index (χ4v) is 2.91. The number of amides is 1. The van der Waals surface area contributed by atoms with Crippen molar-refractivity contribution in [3.63, 3.8) is 0 Å². The smallest absolute Gasteiger partial charge is 0.309 e. The first kappa shape index (κ1) is 15.0. The van der Waals surface area contributed by atoms with E-state index in [0.717, 1.165) is 11.1 Å². The Balaban J connectivity index is 2.53. The summed E-state index contributed by atoms with van der Waals surface area (Å²) < 4.78 is 4.99. The molecule has 1 amide bonds. The molecular formula is C16H18N2O3. The molecule has 5 nitrogen and oxygen atoms in total. The van der Waals surface area contributed by atoms with Crippen molar-refractivity contribution in [1.29, 1.82) is 5.26 Å². The van der Waals surface area contributed by atoms with Gasteiger partial charge in [0.15, 0.2) is 5.54 Å². The number of hydrogen-bond acceptors (Lipinski definition) is 4. The number of esters is 1. The van der Waals surface area contributed by atoms with Gasteiger partial charge in [0.25, 0.3) is 0 Å². The zero-order valence-electron chi connectivity index (χ0n) is 12.3. The van der Waals surface area contributed by atoms with E-state index in [0.29, 0.717) is 13.0 Å². The maximum absolute atomic E-state index is 11.9.